The quantitative estimate of drug-likeness (QED) is 0.447. The first-order chi connectivity index (χ1) is 17.5. The summed E-state index contributed by atoms with van der Waals surface area (Å²) in [5.74, 6) is 0.188. The van der Waals surface area contributed by atoms with Crippen molar-refractivity contribution in [3.8, 4) is 0 Å². The molecule has 6 nitrogen and oxygen atoms in total. The van der Waals surface area contributed by atoms with Crippen LogP contribution < -0.4 is 0 Å². The third-order valence-corrected chi connectivity index (χ3v) is 9.94. The van der Waals surface area contributed by atoms with Crippen molar-refractivity contribution in [2.45, 2.75) is 69.0 Å². The van der Waals surface area contributed by atoms with Gasteiger partial charge in [-0.3, -0.25) is 0 Å². The average molecular weight is 523 g/mol. The van der Waals surface area contributed by atoms with E-state index in [1.165, 1.54) is 5.57 Å². The average Bonchev–Trinajstić information content (AvgIpc) is 3.10. The Morgan fingerprint density at radius 2 is 1.89 bits per heavy atom. The third kappa shape index (κ3) is 3.76. The molecule has 37 heavy (non-hydrogen) atoms. The molecule has 1 aromatic carbocycles. The van der Waals surface area contributed by atoms with E-state index in [1.54, 1.807) is 6.20 Å². The highest BCUT2D eigenvalue weighted by Crippen LogP contribution is 2.60. The van der Waals surface area contributed by atoms with Crippen LogP contribution in [0.25, 0.3) is 16.3 Å². The van der Waals surface area contributed by atoms with Crippen LogP contribution in [0.4, 0.5) is 0 Å². The summed E-state index contributed by atoms with van der Waals surface area (Å²) in [4.78, 5) is 6.11. The van der Waals surface area contributed by atoms with E-state index in [4.69, 9.17) is 11.6 Å². The van der Waals surface area contributed by atoms with Crippen molar-refractivity contribution in [1.82, 2.24) is 9.88 Å². The predicted octanol–water partition coefficient (Wildman–Crippen LogP) is 3.87. The number of aliphatic hydroxyl groups is 4. The molecule has 1 saturated carbocycles. The zero-order valence-electron chi connectivity index (χ0n) is 21.5. The van der Waals surface area contributed by atoms with Crippen LogP contribution in [0.5, 0.6) is 0 Å². The molecule has 0 bridgehead atoms. The number of benzene rings is 1. The van der Waals surface area contributed by atoms with Crippen LogP contribution in [-0.4, -0.2) is 74.4 Å². The minimum Gasteiger partial charge on any atom is -0.388 e. The zero-order valence-corrected chi connectivity index (χ0v) is 22.3. The summed E-state index contributed by atoms with van der Waals surface area (Å²) < 4.78 is 0. The lowest BCUT2D eigenvalue weighted by atomic mass is 9.61. The highest BCUT2D eigenvalue weighted by atomic mass is 35.5. The van der Waals surface area contributed by atoms with Crippen LogP contribution in [0.3, 0.4) is 0 Å². The maximum Gasteiger partial charge on any atom is 0.136 e. The van der Waals surface area contributed by atoms with Crippen molar-refractivity contribution in [2.75, 3.05) is 14.1 Å². The maximum atomic E-state index is 11.8. The number of nitrogens with zero attached hydrogens (tertiary/aromatic N) is 2. The second-order valence-corrected chi connectivity index (χ2v) is 12.2. The molecular formula is C30H35ClN2O4. The molecule has 0 radical (unpaired) electrons. The second-order valence-electron chi connectivity index (χ2n) is 11.9. The van der Waals surface area contributed by atoms with Crippen LogP contribution in [-0.2, 0) is 0 Å². The number of hydrogen-bond acceptors (Lipinski definition) is 6. The molecular weight excluding hydrogens is 488 g/mol. The predicted molar refractivity (Wildman–Crippen MR) is 145 cm³/mol. The first-order valence-electron chi connectivity index (χ1n) is 13.2. The Morgan fingerprint density at radius 1 is 1.11 bits per heavy atom. The highest BCUT2D eigenvalue weighted by Gasteiger charge is 2.53. The van der Waals surface area contributed by atoms with Crippen LogP contribution in [0.2, 0.25) is 5.15 Å². The lowest BCUT2D eigenvalue weighted by Gasteiger charge is -2.46. The summed E-state index contributed by atoms with van der Waals surface area (Å²) in [6.07, 6.45) is 5.75. The third-order valence-electron chi connectivity index (χ3n) is 9.64. The Hall–Kier alpha value is -2.06. The molecule has 6 rings (SSSR count). The topological polar surface area (TPSA) is 97.1 Å². The first kappa shape index (κ1) is 25.2. The highest BCUT2D eigenvalue weighted by molar-refractivity contribution is 6.34. The van der Waals surface area contributed by atoms with Crippen LogP contribution in [0, 0.1) is 11.3 Å². The van der Waals surface area contributed by atoms with Gasteiger partial charge in [0.15, 0.2) is 0 Å². The monoisotopic (exact) mass is 522 g/mol. The Bertz CT molecular complexity index is 1370. The first-order valence-corrected chi connectivity index (χ1v) is 13.5. The fourth-order valence-corrected chi connectivity index (χ4v) is 7.82. The number of fused-ring (bicyclic) bond motifs is 4. The van der Waals surface area contributed by atoms with Gasteiger partial charge in [-0.25, -0.2) is 4.98 Å². The van der Waals surface area contributed by atoms with Crippen molar-refractivity contribution in [3.05, 3.63) is 70.1 Å². The number of aromatic nitrogens is 1. The van der Waals surface area contributed by atoms with Crippen molar-refractivity contribution in [2.24, 2.45) is 11.3 Å². The van der Waals surface area contributed by atoms with Gasteiger partial charge in [0, 0.05) is 23.0 Å². The molecule has 1 aromatic heterocycles. The fourth-order valence-electron chi connectivity index (χ4n) is 7.60. The van der Waals surface area contributed by atoms with Crippen molar-refractivity contribution in [3.63, 3.8) is 0 Å². The van der Waals surface area contributed by atoms with E-state index in [9.17, 15) is 20.4 Å². The summed E-state index contributed by atoms with van der Waals surface area (Å²) in [6, 6.07) is 7.90. The Kier molecular flexibility index (Phi) is 5.95. The smallest absolute Gasteiger partial charge is 0.136 e. The van der Waals surface area contributed by atoms with Crippen LogP contribution >= 0.6 is 11.6 Å². The molecule has 2 unspecified atom stereocenters. The lowest BCUT2D eigenvalue weighted by Crippen LogP contribution is -2.58. The SMILES string of the molecule is CN(C)[C@H]1C[C@]2(O)CCC3=C(C=C2[C@@H](O)[C@@H]1O)C(O)C[C@]1(C)C(c2ccc4ccnc(Cl)c4c2)=CCC31. The number of rotatable bonds is 2. The van der Waals surface area contributed by atoms with E-state index in [0.29, 0.717) is 36.4 Å². The Labute approximate surface area is 222 Å². The maximum absolute atomic E-state index is 11.8. The molecule has 4 aliphatic carbocycles. The standard InChI is InChI=1S/C30H35ClN2O4/c1-29-15-25(34)20-13-23-26(35)27(36)24(33(2)3)14-30(23,37)10-8-18(20)22(29)7-6-21(29)17-5-4-16-9-11-32-28(31)19(16)12-17/h4-6,9,11-13,22,24-27,34-37H,7-8,10,14-15H2,1-3H3/t22?,24-,25?,26+,27+,29+,30+/m0/s1. The number of allylic oxidation sites excluding steroid dienone is 3. The van der Waals surface area contributed by atoms with E-state index in [1.807, 2.05) is 31.1 Å². The van der Waals surface area contributed by atoms with Gasteiger partial charge in [0.25, 0.3) is 0 Å². The van der Waals surface area contributed by atoms with Gasteiger partial charge in [0.2, 0.25) is 0 Å². The number of halogens is 1. The largest absolute Gasteiger partial charge is 0.388 e. The van der Waals surface area contributed by atoms with E-state index in [-0.39, 0.29) is 17.4 Å². The van der Waals surface area contributed by atoms with Gasteiger partial charge in [-0.1, -0.05) is 48.4 Å². The number of hydrogen-bond donors (Lipinski definition) is 4. The van der Waals surface area contributed by atoms with Gasteiger partial charge in [-0.15, -0.1) is 0 Å². The Morgan fingerprint density at radius 3 is 2.65 bits per heavy atom. The van der Waals surface area contributed by atoms with Gasteiger partial charge in [-0.05, 0) is 91.9 Å². The molecule has 196 valence electrons. The Balaban J connectivity index is 1.38. The van der Waals surface area contributed by atoms with Crippen molar-refractivity contribution < 1.29 is 20.4 Å². The van der Waals surface area contributed by atoms with E-state index in [0.717, 1.165) is 33.9 Å². The molecule has 4 aliphatic rings. The van der Waals surface area contributed by atoms with E-state index in [2.05, 4.69) is 36.2 Å². The fraction of sp³-hybridized carbons (Fsp3) is 0.500. The molecule has 0 amide bonds. The summed E-state index contributed by atoms with van der Waals surface area (Å²) in [7, 11) is 3.71. The second kappa shape index (κ2) is 8.73. The van der Waals surface area contributed by atoms with Crippen molar-refractivity contribution >= 4 is 27.9 Å². The molecule has 1 heterocycles. The van der Waals surface area contributed by atoms with Crippen LogP contribution in [0.15, 0.2) is 59.3 Å². The van der Waals surface area contributed by atoms with E-state index >= 15 is 0 Å². The lowest BCUT2D eigenvalue weighted by molar-refractivity contribution is -0.0922. The molecule has 2 aromatic rings. The van der Waals surface area contributed by atoms with Crippen molar-refractivity contribution in [1.29, 1.82) is 0 Å². The minimum atomic E-state index is -1.22. The summed E-state index contributed by atoms with van der Waals surface area (Å²) in [5, 5.41) is 47.6. The van der Waals surface area contributed by atoms with Gasteiger partial charge < -0.3 is 25.3 Å². The number of pyridine rings is 1. The molecule has 0 aliphatic heterocycles. The van der Waals surface area contributed by atoms with Crippen LogP contribution in [0.1, 0.15) is 44.6 Å². The van der Waals surface area contributed by atoms with Gasteiger partial charge in [-0.2, -0.15) is 0 Å². The summed E-state index contributed by atoms with van der Waals surface area (Å²) >= 11 is 6.42. The minimum absolute atomic E-state index is 0.188. The summed E-state index contributed by atoms with van der Waals surface area (Å²) in [5.41, 5.74) is 3.21. The molecule has 7 atom stereocenters. The van der Waals surface area contributed by atoms with Gasteiger partial charge >= 0.3 is 0 Å². The van der Waals surface area contributed by atoms with Gasteiger partial charge in [0.1, 0.15) is 11.3 Å². The molecule has 1 fully saturated rings. The molecule has 7 heteroatoms. The number of aliphatic hydroxyl groups excluding tert-OH is 3. The normalized spacial score (nSPS) is 37.6. The summed E-state index contributed by atoms with van der Waals surface area (Å²) in [6.45, 7) is 2.24. The molecule has 4 N–H and O–H groups in total. The molecule has 0 spiro atoms. The molecule has 0 saturated heterocycles. The zero-order chi connectivity index (χ0) is 26.3. The van der Waals surface area contributed by atoms with E-state index < -0.39 is 23.9 Å². The van der Waals surface area contributed by atoms with Gasteiger partial charge in [0.05, 0.1) is 17.8 Å². The number of likely N-dealkylation sites (N-methyl/N-ethyl adjacent to an activating group) is 1.